The molecule has 0 bridgehead atoms. The summed E-state index contributed by atoms with van der Waals surface area (Å²) >= 11 is 1.70. The van der Waals surface area contributed by atoms with Crippen molar-refractivity contribution in [1.29, 1.82) is 0 Å². The number of carbonyl (C=O) groups excluding carboxylic acids is 1. The van der Waals surface area contributed by atoms with E-state index in [1.807, 2.05) is 18.9 Å². The summed E-state index contributed by atoms with van der Waals surface area (Å²) in [5.41, 5.74) is 0. The second kappa shape index (κ2) is 7.66. The molecule has 25 heavy (non-hydrogen) atoms. The van der Waals surface area contributed by atoms with Crippen LogP contribution in [0.5, 0.6) is 0 Å². The van der Waals surface area contributed by atoms with Crippen molar-refractivity contribution in [1.82, 2.24) is 19.8 Å². The number of likely N-dealkylation sites (N-methyl/N-ethyl adjacent to an activating group) is 1. The van der Waals surface area contributed by atoms with Crippen LogP contribution < -0.4 is 5.32 Å². The van der Waals surface area contributed by atoms with Crippen molar-refractivity contribution in [2.75, 3.05) is 39.0 Å². The van der Waals surface area contributed by atoms with E-state index >= 15 is 0 Å². The molecule has 1 amide bonds. The summed E-state index contributed by atoms with van der Waals surface area (Å²) in [4.78, 5) is 28.1. The Morgan fingerprint density at radius 2 is 2.12 bits per heavy atom. The number of nitrogens with one attached hydrogen (secondary N) is 1. The maximum Gasteiger partial charge on any atom is 0.241 e. The second-order valence-electron chi connectivity index (χ2n) is 6.80. The van der Waals surface area contributed by atoms with E-state index in [-0.39, 0.29) is 12.5 Å². The number of aromatic nitrogens is 2. The largest absolute Gasteiger partial charge is 0.360 e. The molecule has 1 saturated heterocycles. The van der Waals surface area contributed by atoms with Crippen LogP contribution >= 0.6 is 11.3 Å². The molecule has 0 unspecified atom stereocenters. The molecule has 7 heteroatoms. The van der Waals surface area contributed by atoms with Crippen LogP contribution in [0.1, 0.15) is 30.5 Å². The number of hydrogen-bond donors (Lipinski definition) is 1. The zero-order valence-corrected chi connectivity index (χ0v) is 16.3. The van der Waals surface area contributed by atoms with Crippen LogP contribution in [0.25, 0.3) is 10.2 Å². The Hall–Kier alpha value is -1.73. The Morgan fingerprint density at radius 3 is 2.80 bits per heavy atom. The first-order chi connectivity index (χ1) is 12.0. The van der Waals surface area contributed by atoms with E-state index in [1.165, 1.54) is 4.88 Å². The van der Waals surface area contributed by atoms with E-state index in [9.17, 15) is 4.79 Å². The van der Waals surface area contributed by atoms with Gasteiger partial charge in [-0.25, -0.2) is 9.97 Å². The molecule has 0 saturated carbocycles. The maximum atomic E-state index is 12.6. The number of rotatable bonds is 5. The maximum absolute atomic E-state index is 12.6. The lowest BCUT2D eigenvalue weighted by molar-refractivity contribution is -0.130. The number of carbonyl (C=O) groups is 1. The number of thiophene rings is 1. The molecule has 2 aromatic heterocycles. The van der Waals surface area contributed by atoms with Gasteiger partial charge < -0.3 is 15.1 Å². The lowest BCUT2D eigenvalue weighted by Crippen LogP contribution is -2.46. The van der Waals surface area contributed by atoms with Crippen LogP contribution in [0, 0.1) is 6.92 Å². The van der Waals surface area contributed by atoms with Crippen molar-refractivity contribution in [2.45, 2.75) is 39.2 Å². The summed E-state index contributed by atoms with van der Waals surface area (Å²) in [7, 11) is 4.05. The number of likely N-dealkylation sites (tertiary alicyclic amines) is 1. The fraction of sp³-hybridized carbons (Fsp3) is 0.611. The molecule has 1 N–H and O–H groups in total. The quantitative estimate of drug-likeness (QED) is 0.887. The van der Waals surface area contributed by atoms with Crippen LogP contribution in [0.4, 0.5) is 5.82 Å². The highest BCUT2D eigenvalue weighted by Crippen LogP contribution is 2.29. The minimum Gasteiger partial charge on any atom is -0.360 e. The van der Waals surface area contributed by atoms with Crippen LogP contribution in [0.2, 0.25) is 0 Å². The normalized spacial score (nSPS) is 16.3. The molecule has 0 aliphatic carbocycles. The van der Waals surface area contributed by atoms with Crippen LogP contribution in [0.15, 0.2) is 6.07 Å². The van der Waals surface area contributed by atoms with E-state index in [2.05, 4.69) is 40.2 Å². The van der Waals surface area contributed by atoms with Gasteiger partial charge in [-0.05, 0) is 52.4 Å². The zero-order chi connectivity index (χ0) is 18.0. The lowest BCUT2D eigenvalue weighted by atomic mass is 10.0. The van der Waals surface area contributed by atoms with Gasteiger partial charge in [0.15, 0.2) is 0 Å². The topological polar surface area (TPSA) is 61.4 Å². The SMILES string of the molecule is CCc1cc2c(NCC(=O)N(C)C3CCN(C)CC3)nc(C)nc2s1. The van der Waals surface area contributed by atoms with E-state index in [0.717, 1.165) is 54.2 Å². The van der Waals surface area contributed by atoms with Gasteiger partial charge in [-0.2, -0.15) is 0 Å². The summed E-state index contributed by atoms with van der Waals surface area (Å²) in [5, 5.41) is 4.26. The summed E-state index contributed by atoms with van der Waals surface area (Å²) in [6.45, 7) is 6.40. The second-order valence-corrected chi connectivity index (χ2v) is 7.91. The molecule has 2 aromatic rings. The molecule has 0 spiro atoms. The third-order valence-corrected chi connectivity index (χ3v) is 6.11. The van der Waals surface area contributed by atoms with Gasteiger partial charge >= 0.3 is 0 Å². The molecule has 1 aliphatic rings. The molecular weight excluding hydrogens is 334 g/mol. The molecule has 136 valence electrons. The Bertz CT molecular complexity index is 751. The Labute approximate surface area is 153 Å². The molecule has 1 aliphatic heterocycles. The molecule has 1 fully saturated rings. The van der Waals surface area contributed by atoms with E-state index < -0.39 is 0 Å². The van der Waals surface area contributed by atoms with Gasteiger partial charge in [-0.3, -0.25) is 4.79 Å². The van der Waals surface area contributed by atoms with Gasteiger partial charge in [0.2, 0.25) is 5.91 Å². The smallest absolute Gasteiger partial charge is 0.241 e. The van der Waals surface area contributed by atoms with Crippen molar-refractivity contribution in [3.63, 3.8) is 0 Å². The van der Waals surface area contributed by atoms with Crippen molar-refractivity contribution in [3.05, 3.63) is 16.8 Å². The number of aryl methyl sites for hydroxylation is 2. The molecule has 6 nitrogen and oxygen atoms in total. The van der Waals surface area contributed by atoms with Gasteiger partial charge in [-0.15, -0.1) is 11.3 Å². The number of fused-ring (bicyclic) bond motifs is 1. The molecule has 3 rings (SSSR count). The molecular formula is C18H27N5OS. The number of piperidine rings is 1. The summed E-state index contributed by atoms with van der Waals surface area (Å²) < 4.78 is 0. The first kappa shape index (κ1) is 18.1. The van der Waals surface area contributed by atoms with Crippen molar-refractivity contribution in [2.24, 2.45) is 0 Å². The minimum absolute atomic E-state index is 0.116. The highest BCUT2D eigenvalue weighted by atomic mass is 32.1. The third-order valence-electron chi connectivity index (χ3n) is 4.94. The number of hydrogen-bond acceptors (Lipinski definition) is 6. The van der Waals surface area contributed by atoms with Gasteiger partial charge in [-0.1, -0.05) is 6.92 Å². The predicted molar refractivity (Wildman–Crippen MR) is 103 cm³/mol. The highest BCUT2D eigenvalue weighted by molar-refractivity contribution is 7.18. The number of amides is 1. The lowest BCUT2D eigenvalue weighted by Gasteiger charge is -2.35. The summed E-state index contributed by atoms with van der Waals surface area (Å²) in [6.07, 6.45) is 3.07. The van der Waals surface area contributed by atoms with E-state index in [4.69, 9.17) is 0 Å². The van der Waals surface area contributed by atoms with Crippen molar-refractivity contribution < 1.29 is 4.79 Å². The number of nitrogens with zero attached hydrogens (tertiary/aromatic N) is 4. The summed E-state index contributed by atoms with van der Waals surface area (Å²) in [5.74, 6) is 1.61. The minimum atomic E-state index is 0.116. The monoisotopic (exact) mass is 361 g/mol. The standard InChI is InChI=1S/C18H27N5OS/c1-5-14-10-15-17(20-12(2)21-18(15)25-14)19-11-16(24)23(4)13-6-8-22(3)9-7-13/h10,13H,5-9,11H2,1-4H3,(H,19,20,21). The Kier molecular flexibility index (Phi) is 5.54. The molecule has 0 aromatic carbocycles. The Morgan fingerprint density at radius 1 is 1.40 bits per heavy atom. The van der Waals surface area contributed by atoms with Gasteiger partial charge in [0.1, 0.15) is 16.5 Å². The first-order valence-electron chi connectivity index (χ1n) is 8.93. The van der Waals surface area contributed by atoms with Gasteiger partial charge in [0, 0.05) is 18.0 Å². The van der Waals surface area contributed by atoms with Crippen molar-refractivity contribution in [3.8, 4) is 0 Å². The average molecular weight is 362 g/mol. The fourth-order valence-electron chi connectivity index (χ4n) is 3.26. The zero-order valence-electron chi connectivity index (χ0n) is 15.5. The third kappa shape index (κ3) is 4.10. The molecule has 0 radical (unpaired) electrons. The fourth-order valence-corrected chi connectivity index (χ4v) is 4.27. The molecule has 3 heterocycles. The van der Waals surface area contributed by atoms with Crippen LogP contribution in [0.3, 0.4) is 0 Å². The first-order valence-corrected chi connectivity index (χ1v) is 9.74. The van der Waals surface area contributed by atoms with Crippen LogP contribution in [-0.4, -0.2) is 65.4 Å². The number of anilines is 1. The van der Waals surface area contributed by atoms with Gasteiger partial charge in [0.05, 0.1) is 11.9 Å². The summed E-state index contributed by atoms with van der Waals surface area (Å²) in [6, 6.07) is 2.47. The van der Waals surface area contributed by atoms with E-state index in [1.54, 1.807) is 11.3 Å². The van der Waals surface area contributed by atoms with Gasteiger partial charge in [0.25, 0.3) is 0 Å². The Balaban J connectivity index is 1.67. The predicted octanol–water partition coefficient (Wildman–Crippen LogP) is 2.53. The van der Waals surface area contributed by atoms with Crippen molar-refractivity contribution >= 4 is 33.3 Å². The highest BCUT2D eigenvalue weighted by Gasteiger charge is 2.24. The van der Waals surface area contributed by atoms with Crippen LogP contribution in [-0.2, 0) is 11.2 Å². The average Bonchev–Trinajstić information content (AvgIpc) is 3.02. The van der Waals surface area contributed by atoms with E-state index in [0.29, 0.717) is 6.04 Å². The molecule has 0 atom stereocenters.